The zero-order chi connectivity index (χ0) is 17.5. The second-order valence-corrected chi connectivity index (χ2v) is 7.58. The van der Waals surface area contributed by atoms with Crippen LogP contribution in [0, 0.1) is 0 Å². The van der Waals surface area contributed by atoms with Crippen LogP contribution in [0.15, 0.2) is 22.7 Å². The number of benzene rings is 1. The maximum atomic E-state index is 12.1. The monoisotopic (exact) mass is 332 g/mol. The molecule has 1 unspecified atom stereocenters. The van der Waals surface area contributed by atoms with Crippen molar-refractivity contribution in [2.24, 2.45) is 0 Å². The summed E-state index contributed by atoms with van der Waals surface area (Å²) in [5, 5.41) is 7.64. The van der Waals surface area contributed by atoms with Crippen LogP contribution in [0.1, 0.15) is 34.1 Å². The molecule has 7 heteroatoms. The normalized spacial score (nSPS) is 21.2. The van der Waals surface area contributed by atoms with E-state index in [1.807, 2.05) is 45.9 Å². The lowest BCUT2D eigenvalue weighted by molar-refractivity contribution is 0.0473. The van der Waals surface area contributed by atoms with Crippen LogP contribution in [0.2, 0.25) is 0 Å². The fraction of sp³-hybridized carbons (Fsp3) is 0.529. The molecular formula is C17H24N4O3. The number of amides is 1. The summed E-state index contributed by atoms with van der Waals surface area (Å²) in [7, 11) is 0. The van der Waals surface area contributed by atoms with E-state index < -0.39 is 11.7 Å². The number of hydrogen-bond donors (Lipinski definition) is 2. The van der Waals surface area contributed by atoms with E-state index in [2.05, 4.69) is 15.4 Å². The van der Waals surface area contributed by atoms with Crippen LogP contribution in [-0.2, 0) is 4.74 Å². The first kappa shape index (κ1) is 16.4. The lowest BCUT2D eigenvalue weighted by Crippen LogP contribution is -2.49. The van der Waals surface area contributed by atoms with Gasteiger partial charge in [-0.3, -0.25) is 0 Å². The van der Waals surface area contributed by atoms with Crippen molar-refractivity contribution >= 4 is 28.6 Å². The van der Waals surface area contributed by atoms with E-state index in [1.54, 1.807) is 0 Å². The van der Waals surface area contributed by atoms with Gasteiger partial charge in [-0.2, -0.15) is 0 Å². The highest BCUT2D eigenvalue weighted by Gasteiger charge is 2.37. The molecule has 7 nitrogen and oxygen atoms in total. The zero-order valence-electron chi connectivity index (χ0n) is 14.5. The quantitative estimate of drug-likeness (QED) is 0.878. The molecule has 1 atom stereocenters. The van der Waals surface area contributed by atoms with Crippen LogP contribution < -0.4 is 16.0 Å². The number of aromatic nitrogens is 1. The van der Waals surface area contributed by atoms with Crippen LogP contribution in [0.25, 0.3) is 11.0 Å². The van der Waals surface area contributed by atoms with E-state index in [0.717, 1.165) is 24.0 Å². The number of nitrogen functional groups attached to an aromatic ring is 1. The molecule has 24 heavy (non-hydrogen) atoms. The Morgan fingerprint density at radius 3 is 2.92 bits per heavy atom. The van der Waals surface area contributed by atoms with Gasteiger partial charge in [0.05, 0.1) is 16.6 Å². The third-order valence-electron chi connectivity index (χ3n) is 4.12. The molecule has 1 aromatic heterocycles. The average molecular weight is 332 g/mol. The Kier molecular flexibility index (Phi) is 3.81. The van der Waals surface area contributed by atoms with Crippen molar-refractivity contribution in [1.29, 1.82) is 0 Å². The van der Waals surface area contributed by atoms with Crippen LogP contribution in [0.5, 0.6) is 0 Å². The van der Waals surface area contributed by atoms with Gasteiger partial charge in [-0.05, 0) is 46.2 Å². The number of anilines is 2. The van der Waals surface area contributed by atoms with E-state index in [0.29, 0.717) is 17.9 Å². The lowest BCUT2D eigenvalue weighted by atomic mass is 10.0. The summed E-state index contributed by atoms with van der Waals surface area (Å²) in [6.07, 6.45) is 0.417. The molecule has 2 heterocycles. The zero-order valence-corrected chi connectivity index (χ0v) is 14.5. The van der Waals surface area contributed by atoms with Gasteiger partial charge in [0.1, 0.15) is 5.60 Å². The first-order valence-electron chi connectivity index (χ1n) is 8.07. The molecule has 0 aliphatic carbocycles. The van der Waals surface area contributed by atoms with Crippen molar-refractivity contribution in [3.63, 3.8) is 0 Å². The highest BCUT2D eigenvalue weighted by Crippen LogP contribution is 2.34. The number of nitrogens with two attached hydrogens (primary N) is 1. The van der Waals surface area contributed by atoms with Gasteiger partial charge in [0.25, 0.3) is 0 Å². The van der Waals surface area contributed by atoms with Crippen molar-refractivity contribution in [2.45, 2.75) is 45.3 Å². The van der Waals surface area contributed by atoms with E-state index in [-0.39, 0.29) is 5.54 Å². The van der Waals surface area contributed by atoms with E-state index >= 15 is 0 Å². The van der Waals surface area contributed by atoms with Crippen LogP contribution in [0.4, 0.5) is 16.3 Å². The summed E-state index contributed by atoms with van der Waals surface area (Å²) in [4.78, 5) is 14.3. The van der Waals surface area contributed by atoms with Crippen molar-refractivity contribution in [1.82, 2.24) is 10.5 Å². The number of carbonyl (C=O) groups excluding carboxylic acids is 1. The van der Waals surface area contributed by atoms with E-state index in [9.17, 15) is 4.79 Å². The SMILES string of the molecule is CC1(NC(=O)OC(C)(C)C)CCN(c2cccc3c(N)noc23)C1. The number of nitrogens with zero attached hydrogens (tertiary/aromatic N) is 2. The number of hydrogen-bond acceptors (Lipinski definition) is 6. The maximum absolute atomic E-state index is 12.1. The van der Waals surface area contributed by atoms with Gasteiger partial charge < -0.3 is 25.2 Å². The maximum Gasteiger partial charge on any atom is 0.408 e. The number of carbonyl (C=O) groups is 1. The Bertz CT molecular complexity index is 765. The van der Waals surface area contributed by atoms with Crippen molar-refractivity contribution in [2.75, 3.05) is 23.7 Å². The number of rotatable bonds is 2. The fourth-order valence-corrected chi connectivity index (χ4v) is 3.03. The molecule has 0 spiro atoms. The van der Waals surface area contributed by atoms with Gasteiger partial charge in [-0.1, -0.05) is 11.2 Å². The summed E-state index contributed by atoms with van der Waals surface area (Å²) >= 11 is 0. The molecule has 1 saturated heterocycles. The highest BCUT2D eigenvalue weighted by molar-refractivity contribution is 5.95. The molecule has 0 bridgehead atoms. The number of ether oxygens (including phenoxy) is 1. The van der Waals surface area contributed by atoms with Gasteiger partial charge in [0.2, 0.25) is 0 Å². The molecule has 1 amide bonds. The van der Waals surface area contributed by atoms with Crippen LogP contribution in [-0.4, -0.2) is 35.5 Å². The number of nitrogens with one attached hydrogen (secondary N) is 1. The Morgan fingerprint density at radius 1 is 1.46 bits per heavy atom. The van der Waals surface area contributed by atoms with Gasteiger partial charge in [0, 0.05) is 13.1 Å². The molecule has 0 saturated carbocycles. The predicted molar refractivity (Wildman–Crippen MR) is 93.0 cm³/mol. The molecule has 1 aliphatic heterocycles. The fourth-order valence-electron chi connectivity index (χ4n) is 3.03. The first-order valence-corrected chi connectivity index (χ1v) is 8.07. The lowest BCUT2D eigenvalue weighted by Gasteiger charge is -2.28. The second-order valence-electron chi connectivity index (χ2n) is 7.58. The van der Waals surface area contributed by atoms with E-state index in [1.165, 1.54) is 0 Å². The average Bonchev–Trinajstić information content (AvgIpc) is 3.01. The largest absolute Gasteiger partial charge is 0.444 e. The molecule has 1 aromatic carbocycles. The van der Waals surface area contributed by atoms with Crippen molar-refractivity contribution in [3.8, 4) is 0 Å². The summed E-state index contributed by atoms with van der Waals surface area (Å²) in [5.41, 5.74) is 6.56. The predicted octanol–water partition coefficient (Wildman–Crippen LogP) is 2.90. The van der Waals surface area contributed by atoms with Gasteiger partial charge in [0.15, 0.2) is 11.4 Å². The Labute approximate surface area is 141 Å². The highest BCUT2D eigenvalue weighted by atomic mass is 16.6. The van der Waals surface area contributed by atoms with E-state index in [4.69, 9.17) is 15.0 Å². The molecule has 130 valence electrons. The molecule has 0 radical (unpaired) electrons. The molecule has 3 rings (SSSR count). The summed E-state index contributed by atoms with van der Waals surface area (Å²) in [6.45, 7) is 9.03. The molecular weight excluding hydrogens is 308 g/mol. The minimum atomic E-state index is -0.512. The summed E-state index contributed by atoms with van der Waals surface area (Å²) in [5.74, 6) is 0.390. The minimum Gasteiger partial charge on any atom is -0.444 e. The summed E-state index contributed by atoms with van der Waals surface area (Å²) in [6, 6.07) is 5.80. The Morgan fingerprint density at radius 2 is 2.21 bits per heavy atom. The summed E-state index contributed by atoms with van der Waals surface area (Å²) < 4.78 is 10.7. The number of fused-ring (bicyclic) bond motifs is 1. The Hall–Kier alpha value is -2.44. The third-order valence-corrected chi connectivity index (χ3v) is 4.12. The molecule has 1 aliphatic rings. The van der Waals surface area contributed by atoms with Gasteiger partial charge >= 0.3 is 6.09 Å². The van der Waals surface area contributed by atoms with Crippen LogP contribution in [0.3, 0.4) is 0 Å². The number of alkyl carbamates (subject to hydrolysis) is 1. The Balaban J connectivity index is 1.75. The van der Waals surface area contributed by atoms with Crippen molar-refractivity contribution < 1.29 is 14.1 Å². The first-order chi connectivity index (χ1) is 11.2. The van der Waals surface area contributed by atoms with Crippen LogP contribution >= 0.6 is 0 Å². The third kappa shape index (κ3) is 3.25. The smallest absolute Gasteiger partial charge is 0.408 e. The molecule has 2 aromatic rings. The standard InChI is InChI=1S/C17H24N4O3/c1-16(2,3)23-15(22)19-17(4)8-9-21(10-17)12-7-5-6-11-13(12)24-20-14(11)18/h5-7H,8-10H2,1-4H3,(H2,18,20)(H,19,22). The number of para-hydroxylation sites is 1. The topological polar surface area (TPSA) is 93.6 Å². The molecule has 1 fully saturated rings. The van der Waals surface area contributed by atoms with Gasteiger partial charge in [-0.15, -0.1) is 0 Å². The molecule has 3 N–H and O–H groups in total. The minimum absolute atomic E-state index is 0.365. The van der Waals surface area contributed by atoms with Gasteiger partial charge in [-0.25, -0.2) is 4.79 Å². The second kappa shape index (κ2) is 5.58. The van der Waals surface area contributed by atoms with Crippen molar-refractivity contribution in [3.05, 3.63) is 18.2 Å².